The van der Waals surface area contributed by atoms with E-state index in [-0.39, 0.29) is 5.91 Å². The van der Waals surface area contributed by atoms with Gasteiger partial charge < -0.3 is 10.3 Å². The highest BCUT2D eigenvalue weighted by Crippen LogP contribution is 2.22. The molecule has 0 bridgehead atoms. The molecule has 4 heterocycles. The van der Waals surface area contributed by atoms with Gasteiger partial charge in [-0.05, 0) is 45.0 Å². The smallest absolute Gasteiger partial charge is 0.272 e. The highest BCUT2D eigenvalue weighted by molar-refractivity contribution is 7.09. The molecule has 4 rings (SSSR count). The number of pyridine rings is 1. The Labute approximate surface area is 160 Å². The van der Waals surface area contributed by atoms with Crippen molar-refractivity contribution in [3.63, 3.8) is 0 Å². The Morgan fingerprint density at radius 1 is 1.22 bits per heavy atom. The molecule has 136 valence electrons. The predicted octanol–water partition coefficient (Wildman–Crippen LogP) is 3.90. The summed E-state index contributed by atoms with van der Waals surface area (Å²) in [4.78, 5) is 24.3. The lowest BCUT2D eigenvalue weighted by Gasteiger charge is -2.06. The number of aryl methyl sites for hydroxylation is 3. The largest absolute Gasteiger partial charge is 0.357 e. The Morgan fingerprint density at radius 2 is 2.07 bits per heavy atom. The van der Waals surface area contributed by atoms with Crippen molar-refractivity contribution in [1.29, 1.82) is 0 Å². The number of amides is 1. The first-order valence-electron chi connectivity index (χ1n) is 8.41. The monoisotopic (exact) mass is 378 g/mol. The molecule has 0 unspecified atom stereocenters. The summed E-state index contributed by atoms with van der Waals surface area (Å²) in [5, 5.41) is 10.2. The van der Waals surface area contributed by atoms with Gasteiger partial charge in [0.15, 0.2) is 5.82 Å². The first kappa shape index (κ1) is 17.2. The normalized spacial score (nSPS) is 10.9. The number of anilines is 1. The second kappa shape index (κ2) is 6.81. The van der Waals surface area contributed by atoms with Crippen LogP contribution >= 0.6 is 11.3 Å². The summed E-state index contributed by atoms with van der Waals surface area (Å²) in [6, 6.07) is 7.42. The van der Waals surface area contributed by atoms with Crippen molar-refractivity contribution in [2.45, 2.75) is 20.8 Å². The van der Waals surface area contributed by atoms with Gasteiger partial charge in [0, 0.05) is 22.8 Å². The number of H-pyrrole nitrogens is 1. The number of aromatic amines is 1. The molecule has 0 saturated heterocycles. The molecule has 0 aliphatic rings. The molecule has 4 aromatic heterocycles. The third-order valence-electron chi connectivity index (χ3n) is 4.07. The molecule has 4 aromatic rings. The number of hydrogen-bond acceptors (Lipinski definition) is 5. The predicted molar refractivity (Wildman–Crippen MR) is 105 cm³/mol. The van der Waals surface area contributed by atoms with Crippen LogP contribution in [0.4, 0.5) is 5.69 Å². The maximum absolute atomic E-state index is 12.5. The topological polar surface area (TPSA) is 88.5 Å². The van der Waals surface area contributed by atoms with Gasteiger partial charge in [0.2, 0.25) is 0 Å². The molecule has 0 aromatic carbocycles. The first-order chi connectivity index (χ1) is 13.0. The van der Waals surface area contributed by atoms with E-state index >= 15 is 0 Å². The Balaban J connectivity index is 1.48. The molecule has 8 heteroatoms. The van der Waals surface area contributed by atoms with Gasteiger partial charge in [-0.2, -0.15) is 5.10 Å². The molecule has 27 heavy (non-hydrogen) atoms. The zero-order valence-corrected chi connectivity index (χ0v) is 16.0. The van der Waals surface area contributed by atoms with Crippen LogP contribution in [-0.2, 0) is 0 Å². The lowest BCUT2D eigenvalue weighted by molar-refractivity contribution is 0.102. The van der Waals surface area contributed by atoms with E-state index in [0.29, 0.717) is 17.2 Å². The Morgan fingerprint density at radius 3 is 2.70 bits per heavy atom. The molecular formula is C19H18N6OS. The van der Waals surface area contributed by atoms with Crippen molar-refractivity contribution in [2.75, 3.05) is 5.32 Å². The molecule has 2 N–H and O–H groups in total. The van der Waals surface area contributed by atoms with E-state index < -0.39 is 0 Å². The van der Waals surface area contributed by atoms with E-state index in [4.69, 9.17) is 0 Å². The maximum atomic E-state index is 12.5. The van der Waals surface area contributed by atoms with Crippen molar-refractivity contribution in [2.24, 2.45) is 0 Å². The number of nitrogens with zero attached hydrogens (tertiary/aromatic N) is 4. The van der Waals surface area contributed by atoms with Crippen LogP contribution in [0.25, 0.3) is 17.1 Å². The minimum atomic E-state index is -0.228. The number of thiazole rings is 1. The minimum absolute atomic E-state index is 0.228. The number of hydrogen-bond donors (Lipinski definition) is 2. The van der Waals surface area contributed by atoms with E-state index in [1.807, 2.05) is 44.4 Å². The molecule has 1 amide bonds. The van der Waals surface area contributed by atoms with Crippen LogP contribution in [0.1, 0.15) is 26.9 Å². The van der Waals surface area contributed by atoms with Gasteiger partial charge in [-0.25, -0.2) is 14.6 Å². The number of nitrogens with one attached hydrogen (secondary N) is 2. The average Bonchev–Trinajstić information content (AvgIpc) is 3.35. The highest BCUT2D eigenvalue weighted by atomic mass is 32.1. The maximum Gasteiger partial charge on any atom is 0.272 e. The summed E-state index contributed by atoms with van der Waals surface area (Å²) in [7, 11) is 0. The zero-order chi connectivity index (χ0) is 19.0. The molecule has 0 atom stereocenters. The Hall–Kier alpha value is -3.26. The van der Waals surface area contributed by atoms with E-state index in [9.17, 15) is 4.79 Å². The summed E-state index contributed by atoms with van der Waals surface area (Å²) in [6.45, 7) is 5.87. The van der Waals surface area contributed by atoms with Crippen LogP contribution in [0.3, 0.4) is 0 Å². The number of rotatable bonds is 4. The van der Waals surface area contributed by atoms with Crippen molar-refractivity contribution in [1.82, 2.24) is 24.7 Å². The summed E-state index contributed by atoms with van der Waals surface area (Å²) < 4.78 is 1.77. The fourth-order valence-corrected chi connectivity index (χ4v) is 3.44. The quantitative estimate of drug-likeness (QED) is 0.564. The van der Waals surface area contributed by atoms with Crippen LogP contribution < -0.4 is 5.32 Å². The third kappa shape index (κ3) is 3.52. The van der Waals surface area contributed by atoms with Gasteiger partial charge in [-0.15, -0.1) is 11.3 Å². The van der Waals surface area contributed by atoms with Gasteiger partial charge in [0.25, 0.3) is 5.91 Å². The van der Waals surface area contributed by atoms with Crippen LogP contribution in [0.15, 0.2) is 42.0 Å². The van der Waals surface area contributed by atoms with E-state index in [0.717, 1.165) is 27.7 Å². The van der Waals surface area contributed by atoms with E-state index in [2.05, 4.69) is 25.4 Å². The molecule has 0 spiro atoms. The van der Waals surface area contributed by atoms with Gasteiger partial charge in [0.05, 0.1) is 28.3 Å². The van der Waals surface area contributed by atoms with E-state index in [1.54, 1.807) is 34.5 Å². The molecular weight excluding hydrogens is 360 g/mol. The Kier molecular flexibility index (Phi) is 4.33. The standard InChI is InChI=1S/C19H18N6OS/c1-11-6-12(2)25(24-11)18-5-4-15(9-21-18)23-19(26)16-7-14(8-20-16)17-10-27-13(3)22-17/h4-10,20H,1-3H3,(H,23,26). The van der Waals surface area contributed by atoms with Crippen molar-refractivity contribution >= 4 is 22.9 Å². The second-order valence-electron chi connectivity index (χ2n) is 6.25. The molecule has 7 nitrogen and oxygen atoms in total. The summed E-state index contributed by atoms with van der Waals surface area (Å²) >= 11 is 1.58. The molecule has 0 saturated carbocycles. The molecule has 0 fully saturated rings. The molecule has 0 radical (unpaired) electrons. The second-order valence-corrected chi connectivity index (χ2v) is 7.31. The number of carbonyl (C=O) groups excluding carboxylic acids is 1. The zero-order valence-electron chi connectivity index (χ0n) is 15.1. The van der Waals surface area contributed by atoms with Crippen LogP contribution in [0.2, 0.25) is 0 Å². The third-order valence-corrected chi connectivity index (χ3v) is 4.85. The van der Waals surface area contributed by atoms with Crippen LogP contribution in [0, 0.1) is 20.8 Å². The summed E-state index contributed by atoms with van der Waals surface area (Å²) in [6.07, 6.45) is 3.41. The van der Waals surface area contributed by atoms with Gasteiger partial charge in [0.1, 0.15) is 5.69 Å². The molecule has 0 aliphatic heterocycles. The number of carbonyl (C=O) groups is 1. The van der Waals surface area contributed by atoms with Crippen LogP contribution in [0.5, 0.6) is 0 Å². The van der Waals surface area contributed by atoms with E-state index in [1.165, 1.54) is 0 Å². The van der Waals surface area contributed by atoms with Gasteiger partial charge >= 0.3 is 0 Å². The average molecular weight is 378 g/mol. The van der Waals surface area contributed by atoms with Gasteiger partial charge in [-0.1, -0.05) is 0 Å². The lowest BCUT2D eigenvalue weighted by Crippen LogP contribution is -2.12. The SMILES string of the molecule is Cc1cc(C)n(-c2ccc(NC(=O)c3cc(-c4csc(C)n4)c[nH]3)cn2)n1. The van der Waals surface area contributed by atoms with Crippen molar-refractivity contribution in [3.8, 4) is 17.1 Å². The van der Waals surface area contributed by atoms with Crippen molar-refractivity contribution in [3.05, 3.63) is 64.1 Å². The Bertz CT molecular complexity index is 1110. The van der Waals surface area contributed by atoms with Crippen molar-refractivity contribution < 1.29 is 4.79 Å². The fraction of sp³-hybridized carbons (Fsp3) is 0.158. The number of aromatic nitrogens is 5. The highest BCUT2D eigenvalue weighted by Gasteiger charge is 2.12. The fourth-order valence-electron chi connectivity index (χ4n) is 2.81. The summed E-state index contributed by atoms with van der Waals surface area (Å²) in [5.41, 5.74) is 4.79. The lowest BCUT2D eigenvalue weighted by atomic mass is 10.2. The van der Waals surface area contributed by atoms with Gasteiger partial charge in [-0.3, -0.25) is 4.79 Å². The summed E-state index contributed by atoms with van der Waals surface area (Å²) in [5.74, 6) is 0.480. The molecule has 0 aliphatic carbocycles. The first-order valence-corrected chi connectivity index (χ1v) is 9.29. The minimum Gasteiger partial charge on any atom is -0.357 e. The van der Waals surface area contributed by atoms with Crippen LogP contribution in [-0.4, -0.2) is 30.6 Å².